The van der Waals surface area contributed by atoms with E-state index in [-0.39, 0.29) is 16.7 Å². The van der Waals surface area contributed by atoms with Gasteiger partial charge in [-0.15, -0.1) is 0 Å². The average molecular weight is 377 g/mol. The van der Waals surface area contributed by atoms with E-state index in [4.69, 9.17) is 0 Å². The van der Waals surface area contributed by atoms with E-state index in [1.165, 1.54) is 12.4 Å². The average Bonchev–Trinajstić information content (AvgIpc) is 2.47. The second-order valence-corrected chi connectivity index (χ2v) is 5.78. The maximum atomic E-state index is 14.2. The van der Waals surface area contributed by atoms with Crippen molar-refractivity contribution < 1.29 is 14.3 Å². The van der Waals surface area contributed by atoms with Crippen LogP contribution in [0.25, 0.3) is 16.8 Å². The van der Waals surface area contributed by atoms with Crippen molar-refractivity contribution in [1.82, 2.24) is 9.55 Å². The number of aromatic carboxylic acids is 1. The van der Waals surface area contributed by atoms with Crippen molar-refractivity contribution in [1.29, 1.82) is 0 Å². The maximum Gasteiger partial charge on any atom is 0.338 e. The molecule has 0 amide bonds. The van der Waals surface area contributed by atoms with Gasteiger partial charge in [-0.25, -0.2) is 14.2 Å². The second-order valence-electron chi connectivity index (χ2n) is 4.97. The van der Waals surface area contributed by atoms with Gasteiger partial charge in [-0.1, -0.05) is 0 Å². The summed E-state index contributed by atoms with van der Waals surface area (Å²) in [5.41, 5.74) is 0.429. The fraction of sp³-hybridized carbons (Fsp3) is 0.0625. The van der Waals surface area contributed by atoms with Crippen molar-refractivity contribution in [3.05, 3.63) is 68.6 Å². The molecule has 1 aromatic heterocycles. The van der Waals surface area contributed by atoms with Crippen LogP contribution in [-0.2, 0) is 0 Å². The number of fused-ring (bicyclic) bond motifs is 1. The Morgan fingerprint density at radius 2 is 2.04 bits per heavy atom. The molecule has 1 aromatic rings. The molecule has 2 aliphatic rings. The largest absolute Gasteiger partial charge is 0.478 e. The van der Waals surface area contributed by atoms with E-state index in [1.807, 2.05) is 0 Å². The predicted molar refractivity (Wildman–Crippen MR) is 85.8 cm³/mol. The quantitative estimate of drug-likeness (QED) is 0.696. The smallest absolute Gasteiger partial charge is 0.338 e. The highest BCUT2D eigenvalue weighted by Gasteiger charge is 2.23. The van der Waals surface area contributed by atoms with Gasteiger partial charge in [0.1, 0.15) is 10.4 Å². The van der Waals surface area contributed by atoms with E-state index in [2.05, 4.69) is 20.9 Å². The third kappa shape index (κ3) is 2.63. The lowest BCUT2D eigenvalue weighted by Gasteiger charge is -2.19. The van der Waals surface area contributed by atoms with Gasteiger partial charge in [0.25, 0.3) is 0 Å². The van der Waals surface area contributed by atoms with Gasteiger partial charge in [0, 0.05) is 29.1 Å². The van der Waals surface area contributed by atoms with Gasteiger partial charge in [-0.3, -0.25) is 4.79 Å². The van der Waals surface area contributed by atoms with Crippen LogP contribution in [0.2, 0.25) is 0 Å². The zero-order valence-corrected chi connectivity index (χ0v) is 13.5. The number of hydrogen-bond donors (Lipinski definition) is 1. The van der Waals surface area contributed by atoms with Crippen molar-refractivity contribution in [2.45, 2.75) is 6.92 Å². The highest BCUT2D eigenvalue weighted by atomic mass is 79.9. The summed E-state index contributed by atoms with van der Waals surface area (Å²) in [5.74, 6) is -1.98. The van der Waals surface area contributed by atoms with Crippen LogP contribution in [0, 0.1) is 12.7 Å². The fourth-order valence-corrected chi connectivity index (χ4v) is 2.76. The Bertz CT molecular complexity index is 951. The molecular formula is C16H10BrFN2O3. The van der Waals surface area contributed by atoms with Crippen LogP contribution >= 0.6 is 15.9 Å². The number of pyridine rings is 2. The lowest BCUT2D eigenvalue weighted by molar-refractivity contribution is 0.0696. The molecule has 0 atom stereocenters. The topological polar surface area (TPSA) is 72.2 Å². The molecule has 23 heavy (non-hydrogen) atoms. The van der Waals surface area contributed by atoms with E-state index >= 15 is 0 Å². The number of rotatable bonds is 2. The summed E-state index contributed by atoms with van der Waals surface area (Å²) >= 11 is 3.22. The normalized spacial score (nSPS) is 10.9. The van der Waals surface area contributed by atoms with Crippen molar-refractivity contribution in [2.75, 3.05) is 0 Å². The Hall–Kier alpha value is -2.54. The first-order chi connectivity index (χ1) is 10.9. The first-order valence-corrected chi connectivity index (χ1v) is 7.38. The van der Waals surface area contributed by atoms with Crippen LogP contribution in [0.5, 0.6) is 0 Å². The molecule has 3 rings (SSSR count). The van der Waals surface area contributed by atoms with Gasteiger partial charge in [0.2, 0.25) is 0 Å². The summed E-state index contributed by atoms with van der Waals surface area (Å²) in [6, 6.07) is 5.40. The molecule has 1 aliphatic heterocycles. The first kappa shape index (κ1) is 15.4. The van der Waals surface area contributed by atoms with Crippen molar-refractivity contribution in [3.63, 3.8) is 0 Å². The van der Waals surface area contributed by atoms with Gasteiger partial charge in [0.05, 0.1) is 17.4 Å². The third-order valence-corrected chi connectivity index (χ3v) is 4.03. The molecule has 7 heteroatoms. The summed E-state index contributed by atoms with van der Waals surface area (Å²) in [6.45, 7) is 1.60. The number of carboxylic acid groups (broad SMARTS) is 1. The summed E-state index contributed by atoms with van der Waals surface area (Å²) in [6.07, 6.45) is 3.01. The molecule has 1 aliphatic carbocycles. The highest BCUT2D eigenvalue weighted by molar-refractivity contribution is 9.10. The van der Waals surface area contributed by atoms with Crippen LogP contribution in [0.1, 0.15) is 16.1 Å². The number of aromatic nitrogens is 2. The van der Waals surface area contributed by atoms with E-state index in [9.17, 15) is 19.1 Å². The van der Waals surface area contributed by atoms with Crippen LogP contribution in [0.4, 0.5) is 4.39 Å². The SMILES string of the molecule is Cc1c(C(=O)O)c2cc(=O)cc(F)c-2cn1-c1ccc(Br)nc1. The monoisotopic (exact) mass is 376 g/mol. The van der Waals surface area contributed by atoms with Crippen LogP contribution in [0.3, 0.4) is 0 Å². The van der Waals surface area contributed by atoms with Crippen LogP contribution in [-0.4, -0.2) is 20.6 Å². The number of nitrogens with zero attached hydrogens (tertiary/aromatic N) is 2. The third-order valence-electron chi connectivity index (χ3n) is 3.56. The fourth-order valence-electron chi connectivity index (χ4n) is 2.52. The number of hydrogen-bond acceptors (Lipinski definition) is 3. The zero-order valence-electron chi connectivity index (χ0n) is 11.9. The van der Waals surface area contributed by atoms with Gasteiger partial charge < -0.3 is 9.67 Å². The molecule has 0 saturated carbocycles. The molecule has 0 radical (unpaired) electrons. The molecule has 116 valence electrons. The van der Waals surface area contributed by atoms with Gasteiger partial charge >= 0.3 is 5.97 Å². The Balaban J connectivity index is 2.43. The number of halogens is 2. The number of benzene rings is 1. The minimum Gasteiger partial charge on any atom is -0.478 e. The molecule has 1 N–H and O–H groups in total. The summed E-state index contributed by atoms with van der Waals surface area (Å²) in [4.78, 5) is 27.3. The van der Waals surface area contributed by atoms with E-state index in [0.717, 1.165) is 12.1 Å². The highest BCUT2D eigenvalue weighted by Crippen LogP contribution is 2.31. The van der Waals surface area contributed by atoms with Crippen molar-refractivity contribution in [2.24, 2.45) is 0 Å². The predicted octanol–water partition coefficient (Wildman–Crippen LogP) is 3.25. The Morgan fingerprint density at radius 1 is 1.30 bits per heavy atom. The van der Waals surface area contributed by atoms with E-state index < -0.39 is 17.2 Å². The molecule has 2 heterocycles. The van der Waals surface area contributed by atoms with Crippen molar-refractivity contribution in [3.8, 4) is 16.8 Å². The molecule has 0 unspecified atom stereocenters. The molecule has 0 aromatic carbocycles. The molecule has 5 nitrogen and oxygen atoms in total. The Morgan fingerprint density at radius 3 is 2.65 bits per heavy atom. The number of carbonyl (C=O) groups is 1. The molecule has 0 bridgehead atoms. The minimum absolute atomic E-state index is 0.0653. The molecular weight excluding hydrogens is 367 g/mol. The lowest BCUT2D eigenvalue weighted by Crippen LogP contribution is -2.15. The summed E-state index contributed by atoms with van der Waals surface area (Å²) < 4.78 is 16.3. The van der Waals surface area contributed by atoms with Gasteiger partial charge in [-0.05, 0) is 41.1 Å². The van der Waals surface area contributed by atoms with Crippen LogP contribution < -0.4 is 5.43 Å². The minimum atomic E-state index is -1.23. The molecule has 0 spiro atoms. The summed E-state index contributed by atoms with van der Waals surface area (Å²) in [5, 5.41) is 9.50. The van der Waals surface area contributed by atoms with Crippen LogP contribution in [0.15, 0.2) is 46.1 Å². The first-order valence-electron chi connectivity index (χ1n) is 6.59. The summed E-state index contributed by atoms with van der Waals surface area (Å²) in [7, 11) is 0. The Kier molecular flexibility index (Phi) is 3.73. The number of carboxylic acids is 1. The molecule has 0 fully saturated rings. The van der Waals surface area contributed by atoms with Gasteiger partial charge in [-0.2, -0.15) is 0 Å². The standard InChI is InChI=1S/C16H10BrFN2O3/c1-8-15(16(22)23)11-4-10(21)5-13(18)12(11)7-20(8)9-2-3-14(17)19-6-9/h2-7H,1H3,(H,22,23). The van der Waals surface area contributed by atoms with E-state index in [1.54, 1.807) is 23.6 Å². The molecule has 0 saturated heterocycles. The maximum absolute atomic E-state index is 14.2. The Labute approximate surface area is 138 Å². The van der Waals surface area contributed by atoms with Crippen molar-refractivity contribution >= 4 is 21.9 Å². The van der Waals surface area contributed by atoms with Gasteiger partial charge in [0.15, 0.2) is 5.43 Å². The lowest BCUT2D eigenvalue weighted by atomic mass is 9.97. The zero-order chi connectivity index (χ0) is 16.7. The second kappa shape index (κ2) is 5.58. The van der Waals surface area contributed by atoms with E-state index in [0.29, 0.717) is 16.0 Å².